The molecular weight excluding hydrogens is 121 g/mol. The van der Waals surface area contributed by atoms with Gasteiger partial charge in [-0.15, -0.1) is 0 Å². The summed E-state index contributed by atoms with van der Waals surface area (Å²) in [5.74, 6) is 0. The van der Waals surface area contributed by atoms with Gasteiger partial charge in [0.05, 0.1) is 0 Å². The predicted octanol–water partition coefficient (Wildman–Crippen LogP) is 0.280. The fourth-order valence-electron chi connectivity index (χ4n) is 0. The Bertz CT molecular complexity index is 46.8. The van der Waals surface area contributed by atoms with Crippen molar-refractivity contribution in [3.8, 4) is 0 Å². The molecule has 6 heavy (non-hydrogen) atoms. The monoisotopic (exact) mass is 126 g/mol. The van der Waals surface area contributed by atoms with Gasteiger partial charge < -0.3 is 0 Å². The van der Waals surface area contributed by atoms with Gasteiger partial charge in [-0.25, -0.2) is 0 Å². The van der Waals surface area contributed by atoms with Gasteiger partial charge in [0.2, 0.25) is 6.54 Å². The molecule has 3 nitrogen and oxygen atoms in total. The fourth-order valence-corrected chi connectivity index (χ4v) is 0. The van der Waals surface area contributed by atoms with Gasteiger partial charge >= 0.3 is 0 Å². The molecule has 0 spiro atoms. The van der Waals surface area contributed by atoms with Gasteiger partial charge in [-0.3, -0.25) is 10.1 Å². The second-order valence-electron chi connectivity index (χ2n) is 0.649. The summed E-state index contributed by atoms with van der Waals surface area (Å²) in [5, 5.41) is 9.17. The van der Waals surface area contributed by atoms with Crippen LogP contribution in [0.4, 0.5) is 0 Å². The van der Waals surface area contributed by atoms with Crippen LogP contribution >= 0.6 is 0 Å². The van der Waals surface area contributed by atoms with Crippen LogP contribution in [-0.2, 0) is 18.6 Å². The maximum atomic E-state index is 9.17. The molecule has 0 N–H and O–H groups in total. The van der Waals surface area contributed by atoms with E-state index in [0.717, 1.165) is 0 Å². The third-order valence-electron chi connectivity index (χ3n) is 0.258. The van der Waals surface area contributed by atoms with Crippen LogP contribution in [0.2, 0.25) is 0 Å². The third-order valence-corrected chi connectivity index (χ3v) is 0.258. The largest absolute Gasteiger partial charge is 0.265 e. The Hall–Kier alpha value is -0.0156. The zero-order valence-electron chi connectivity index (χ0n) is 3.42. The van der Waals surface area contributed by atoms with E-state index in [9.17, 15) is 10.1 Å². The molecule has 0 fully saturated rings. The first-order valence-electron chi connectivity index (χ1n) is 1.39. The smallest absolute Gasteiger partial charge is 0.201 e. The van der Waals surface area contributed by atoms with Crippen LogP contribution in [0.15, 0.2) is 0 Å². The molecule has 0 rings (SSSR count). The van der Waals surface area contributed by atoms with E-state index in [-0.39, 0.29) is 30.0 Å². The van der Waals surface area contributed by atoms with Crippen molar-refractivity contribution in [3.63, 3.8) is 0 Å². The molecule has 0 aromatic heterocycles. The third kappa shape index (κ3) is 9.01. The van der Waals surface area contributed by atoms with Crippen LogP contribution in [0, 0.1) is 10.1 Å². The first kappa shape index (κ1) is 9.37. The first-order valence-corrected chi connectivity index (χ1v) is 1.39. The number of nitrogens with zero attached hydrogens (tertiary/aromatic N) is 1. The SMILES string of the molecule is CC[N+](=O)[O-].[V]. The van der Waals surface area contributed by atoms with E-state index in [4.69, 9.17) is 0 Å². The maximum absolute atomic E-state index is 9.17. The van der Waals surface area contributed by atoms with E-state index in [0.29, 0.717) is 0 Å². The maximum Gasteiger partial charge on any atom is 0.201 e. The van der Waals surface area contributed by atoms with E-state index >= 15 is 0 Å². The number of nitro groups is 1. The van der Waals surface area contributed by atoms with Crippen molar-refractivity contribution in [2.24, 2.45) is 0 Å². The van der Waals surface area contributed by atoms with Crippen molar-refractivity contribution in [2.75, 3.05) is 6.54 Å². The summed E-state index contributed by atoms with van der Waals surface area (Å²) in [7, 11) is 0. The second kappa shape index (κ2) is 4.98. The molecule has 0 aromatic carbocycles. The molecule has 0 saturated heterocycles. The molecule has 0 unspecified atom stereocenters. The summed E-state index contributed by atoms with van der Waals surface area (Å²) in [4.78, 5) is 8.80. The Kier molecular flexibility index (Phi) is 7.78. The topological polar surface area (TPSA) is 43.1 Å². The zero-order valence-corrected chi connectivity index (χ0v) is 4.81. The molecule has 0 bridgehead atoms. The van der Waals surface area contributed by atoms with Crippen molar-refractivity contribution >= 4 is 0 Å². The standard InChI is InChI=1S/C2H5NO2.V/c1-2-3(4)5;/h2H2,1H3;. The number of hydrogen-bond donors (Lipinski definition) is 0. The minimum absolute atomic E-state index is 0. The molecule has 0 aromatic rings. The molecular formula is C2H5NO2V. The molecule has 1 radical (unpaired) electrons. The summed E-state index contributed by atoms with van der Waals surface area (Å²) in [5.41, 5.74) is 0. The van der Waals surface area contributed by atoms with Gasteiger partial charge in [0.15, 0.2) is 0 Å². The van der Waals surface area contributed by atoms with Crippen LogP contribution in [0.3, 0.4) is 0 Å². The van der Waals surface area contributed by atoms with Gasteiger partial charge in [-0.05, 0) is 0 Å². The summed E-state index contributed by atoms with van der Waals surface area (Å²) >= 11 is 0. The molecule has 35 valence electrons. The summed E-state index contributed by atoms with van der Waals surface area (Å²) in [6, 6.07) is 0. The first-order chi connectivity index (χ1) is 2.27. The van der Waals surface area contributed by atoms with Crippen LogP contribution in [-0.4, -0.2) is 11.5 Å². The van der Waals surface area contributed by atoms with Crippen molar-refractivity contribution in [3.05, 3.63) is 10.1 Å². The van der Waals surface area contributed by atoms with Gasteiger partial charge in [0.25, 0.3) is 0 Å². The summed E-state index contributed by atoms with van der Waals surface area (Å²) in [6.45, 7) is 1.53. The number of hydrogen-bond acceptors (Lipinski definition) is 2. The van der Waals surface area contributed by atoms with E-state index in [1.807, 2.05) is 0 Å². The summed E-state index contributed by atoms with van der Waals surface area (Å²) < 4.78 is 0. The van der Waals surface area contributed by atoms with Crippen LogP contribution in [0.5, 0.6) is 0 Å². The second-order valence-corrected chi connectivity index (χ2v) is 0.649. The molecule has 0 saturated carbocycles. The minimum Gasteiger partial charge on any atom is -0.265 e. The Morgan fingerprint density at radius 2 is 2.00 bits per heavy atom. The molecule has 0 amide bonds. The quantitative estimate of drug-likeness (QED) is 0.374. The Balaban J connectivity index is 0. The molecule has 0 aliphatic heterocycles. The van der Waals surface area contributed by atoms with E-state index in [1.54, 1.807) is 0 Å². The van der Waals surface area contributed by atoms with E-state index < -0.39 is 0 Å². The van der Waals surface area contributed by atoms with Gasteiger partial charge in [0, 0.05) is 30.4 Å². The normalized spacial score (nSPS) is 6.17. The molecule has 0 aliphatic rings. The predicted molar refractivity (Wildman–Crippen MR) is 17.5 cm³/mol. The zero-order chi connectivity index (χ0) is 4.28. The van der Waals surface area contributed by atoms with Gasteiger partial charge in [-0.1, -0.05) is 0 Å². The van der Waals surface area contributed by atoms with Crippen molar-refractivity contribution in [1.82, 2.24) is 0 Å². The van der Waals surface area contributed by atoms with Gasteiger partial charge in [-0.2, -0.15) is 0 Å². The Morgan fingerprint density at radius 3 is 2.00 bits per heavy atom. The Labute approximate surface area is 47.8 Å². The molecule has 0 heterocycles. The molecule has 0 aliphatic carbocycles. The fraction of sp³-hybridized carbons (Fsp3) is 1.00. The van der Waals surface area contributed by atoms with Crippen molar-refractivity contribution in [2.45, 2.75) is 6.92 Å². The summed E-state index contributed by atoms with van der Waals surface area (Å²) in [6.07, 6.45) is 0. The Morgan fingerprint density at radius 1 is 1.83 bits per heavy atom. The van der Waals surface area contributed by atoms with Crippen molar-refractivity contribution in [1.29, 1.82) is 0 Å². The van der Waals surface area contributed by atoms with Crippen LogP contribution in [0.1, 0.15) is 6.92 Å². The average molecular weight is 126 g/mol. The minimum atomic E-state index is -0.375. The van der Waals surface area contributed by atoms with Crippen molar-refractivity contribution < 1.29 is 23.5 Å². The van der Waals surface area contributed by atoms with Crippen LogP contribution in [0.25, 0.3) is 0 Å². The molecule has 4 heteroatoms. The van der Waals surface area contributed by atoms with E-state index in [2.05, 4.69) is 0 Å². The van der Waals surface area contributed by atoms with Crippen LogP contribution < -0.4 is 0 Å². The molecule has 0 atom stereocenters. The van der Waals surface area contributed by atoms with Gasteiger partial charge in [0.1, 0.15) is 0 Å². The van der Waals surface area contributed by atoms with E-state index in [1.165, 1.54) is 6.92 Å². The average Bonchev–Trinajstić information content (AvgIpc) is 1.38. The number of rotatable bonds is 1.